The van der Waals surface area contributed by atoms with Gasteiger partial charge in [-0.3, -0.25) is 4.79 Å². The molecule has 1 saturated heterocycles. The number of aromatic nitrogens is 2. The van der Waals surface area contributed by atoms with Crippen LogP contribution in [-0.4, -0.2) is 48.4 Å². The van der Waals surface area contributed by atoms with Crippen molar-refractivity contribution in [3.8, 4) is 11.4 Å². The number of fused-ring (bicyclic) bond motifs is 1. The maximum absolute atomic E-state index is 13.0. The van der Waals surface area contributed by atoms with E-state index >= 15 is 0 Å². The third kappa shape index (κ3) is 3.29. The van der Waals surface area contributed by atoms with Gasteiger partial charge >= 0.3 is 0 Å². The van der Waals surface area contributed by atoms with Crippen molar-refractivity contribution in [2.75, 3.05) is 24.7 Å². The van der Waals surface area contributed by atoms with Crippen LogP contribution in [0.25, 0.3) is 22.4 Å². The summed E-state index contributed by atoms with van der Waals surface area (Å²) in [7, 11) is -3.56. The summed E-state index contributed by atoms with van der Waals surface area (Å²) in [4.78, 5) is 20.8. The molecule has 2 aromatic carbocycles. The standard InChI is InChI=1S/C20H22N4O3S/c1-28(26,27)20(9-11-21-12-10-20)19(25)22-15-6-4-5-14(13-15)18-23-16-7-2-3-8-17(16)24-18/h2-8,13,21H,9-12H2,1H3,(H,22,25)(H,23,24). The smallest absolute Gasteiger partial charge is 0.245 e. The summed E-state index contributed by atoms with van der Waals surface area (Å²) in [5.41, 5.74) is 3.15. The number of hydrogen-bond acceptors (Lipinski definition) is 5. The Morgan fingerprint density at radius 2 is 1.86 bits per heavy atom. The van der Waals surface area contributed by atoms with Crippen molar-refractivity contribution in [3.05, 3.63) is 48.5 Å². The van der Waals surface area contributed by atoms with Crippen LogP contribution < -0.4 is 10.6 Å². The normalized spacial score (nSPS) is 16.8. The van der Waals surface area contributed by atoms with Crippen LogP contribution in [0.2, 0.25) is 0 Å². The largest absolute Gasteiger partial charge is 0.338 e. The lowest BCUT2D eigenvalue weighted by atomic mass is 9.95. The number of H-pyrrole nitrogens is 1. The topological polar surface area (TPSA) is 104 Å². The molecule has 7 nitrogen and oxygen atoms in total. The van der Waals surface area contributed by atoms with Crippen molar-refractivity contribution < 1.29 is 13.2 Å². The molecule has 4 rings (SSSR count). The first-order chi connectivity index (χ1) is 13.4. The van der Waals surface area contributed by atoms with E-state index in [-0.39, 0.29) is 12.8 Å². The fourth-order valence-corrected chi connectivity index (χ4v) is 5.01. The van der Waals surface area contributed by atoms with Crippen LogP contribution in [0.5, 0.6) is 0 Å². The van der Waals surface area contributed by atoms with Crippen LogP contribution in [0.1, 0.15) is 12.8 Å². The Morgan fingerprint density at radius 3 is 2.57 bits per heavy atom. The van der Waals surface area contributed by atoms with Crippen LogP contribution in [0, 0.1) is 0 Å². The highest BCUT2D eigenvalue weighted by Gasteiger charge is 2.48. The minimum atomic E-state index is -3.56. The average molecular weight is 398 g/mol. The lowest BCUT2D eigenvalue weighted by molar-refractivity contribution is -0.119. The molecule has 8 heteroatoms. The quantitative estimate of drug-likeness (QED) is 0.626. The minimum absolute atomic E-state index is 0.265. The molecular weight excluding hydrogens is 376 g/mol. The molecule has 28 heavy (non-hydrogen) atoms. The SMILES string of the molecule is CS(=O)(=O)C1(C(=O)Nc2cccc(-c3nc4ccccc4[nH]3)c2)CCNCC1. The molecular formula is C20H22N4O3S. The number of sulfone groups is 1. The monoisotopic (exact) mass is 398 g/mol. The van der Waals surface area contributed by atoms with Crippen molar-refractivity contribution in [2.24, 2.45) is 0 Å². The van der Waals surface area contributed by atoms with Gasteiger partial charge in [0.1, 0.15) is 5.82 Å². The minimum Gasteiger partial charge on any atom is -0.338 e. The number of nitrogens with zero attached hydrogens (tertiary/aromatic N) is 1. The van der Waals surface area contributed by atoms with E-state index in [0.717, 1.165) is 22.9 Å². The van der Waals surface area contributed by atoms with Crippen molar-refractivity contribution in [1.29, 1.82) is 0 Å². The number of piperidine rings is 1. The molecule has 0 spiro atoms. The number of imidazole rings is 1. The van der Waals surface area contributed by atoms with Crippen LogP contribution in [0.3, 0.4) is 0 Å². The molecule has 0 radical (unpaired) electrons. The van der Waals surface area contributed by atoms with Crippen LogP contribution in [0.15, 0.2) is 48.5 Å². The van der Waals surface area contributed by atoms with Gasteiger partial charge < -0.3 is 15.6 Å². The predicted octanol–water partition coefficient (Wildman–Crippen LogP) is 2.34. The molecule has 0 aliphatic carbocycles. The lowest BCUT2D eigenvalue weighted by Gasteiger charge is -2.34. The third-order valence-corrected chi connectivity index (χ3v) is 7.33. The second kappa shape index (κ2) is 7.03. The van der Waals surface area contributed by atoms with Gasteiger partial charge in [-0.1, -0.05) is 24.3 Å². The molecule has 3 aromatic rings. The van der Waals surface area contributed by atoms with Gasteiger partial charge in [0.15, 0.2) is 14.6 Å². The van der Waals surface area contributed by atoms with Crippen LogP contribution in [0.4, 0.5) is 5.69 Å². The van der Waals surface area contributed by atoms with Gasteiger partial charge in [-0.15, -0.1) is 0 Å². The number of nitrogens with one attached hydrogen (secondary N) is 3. The Hall–Kier alpha value is -2.71. The second-order valence-corrected chi connectivity index (χ2v) is 9.48. The highest BCUT2D eigenvalue weighted by atomic mass is 32.2. The summed E-state index contributed by atoms with van der Waals surface area (Å²) in [5.74, 6) is 0.218. The molecule has 1 fully saturated rings. The molecule has 0 saturated carbocycles. The summed E-state index contributed by atoms with van der Waals surface area (Å²) >= 11 is 0. The Kier molecular flexibility index (Phi) is 4.68. The van der Waals surface area contributed by atoms with Gasteiger partial charge in [-0.25, -0.2) is 13.4 Å². The third-order valence-electron chi connectivity index (χ3n) is 5.32. The molecule has 0 bridgehead atoms. The maximum atomic E-state index is 13.0. The predicted molar refractivity (Wildman–Crippen MR) is 110 cm³/mol. The van der Waals surface area contributed by atoms with Gasteiger partial charge in [0.2, 0.25) is 5.91 Å². The lowest BCUT2D eigenvalue weighted by Crippen LogP contribution is -2.55. The van der Waals surface area contributed by atoms with Gasteiger partial charge in [0, 0.05) is 17.5 Å². The molecule has 1 aliphatic heterocycles. The van der Waals surface area contributed by atoms with Crippen LogP contribution in [-0.2, 0) is 14.6 Å². The van der Waals surface area contributed by atoms with Gasteiger partial charge in [0.25, 0.3) is 0 Å². The number of carbonyl (C=O) groups is 1. The van der Waals surface area contributed by atoms with Crippen molar-refractivity contribution >= 4 is 32.5 Å². The van der Waals surface area contributed by atoms with E-state index in [9.17, 15) is 13.2 Å². The molecule has 2 heterocycles. The summed E-state index contributed by atoms with van der Waals surface area (Å²) in [5, 5.41) is 5.93. The Balaban J connectivity index is 1.63. The maximum Gasteiger partial charge on any atom is 0.245 e. The van der Waals surface area contributed by atoms with Crippen molar-refractivity contribution in [2.45, 2.75) is 17.6 Å². The summed E-state index contributed by atoms with van der Waals surface area (Å²) in [6.45, 7) is 0.999. The van der Waals surface area contributed by atoms with E-state index in [1.165, 1.54) is 0 Å². The number of benzene rings is 2. The summed E-state index contributed by atoms with van der Waals surface area (Å²) in [6, 6.07) is 15.0. The van der Waals surface area contributed by atoms with Gasteiger partial charge in [-0.05, 0) is 50.2 Å². The van der Waals surface area contributed by atoms with E-state index < -0.39 is 20.5 Å². The van der Waals surface area contributed by atoms with E-state index in [4.69, 9.17) is 0 Å². The molecule has 1 aromatic heterocycles. The zero-order valence-electron chi connectivity index (χ0n) is 15.5. The zero-order valence-corrected chi connectivity index (χ0v) is 16.3. The number of hydrogen-bond donors (Lipinski definition) is 3. The van der Waals surface area contributed by atoms with E-state index in [2.05, 4.69) is 20.6 Å². The number of rotatable bonds is 4. The molecule has 0 atom stereocenters. The molecule has 1 aliphatic rings. The first kappa shape index (κ1) is 18.6. The number of amides is 1. The Bertz CT molecular complexity index is 1100. The highest BCUT2D eigenvalue weighted by molar-refractivity contribution is 7.92. The Labute approximate surface area is 163 Å². The molecule has 3 N–H and O–H groups in total. The number of carbonyl (C=O) groups excluding carboxylic acids is 1. The van der Waals surface area contributed by atoms with Gasteiger partial charge in [0.05, 0.1) is 11.0 Å². The summed E-state index contributed by atoms with van der Waals surface area (Å²) < 4.78 is 23.5. The molecule has 1 amide bonds. The van der Waals surface area contributed by atoms with E-state index in [0.29, 0.717) is 24.6 Å². The van der Waals surface area contributed by atoms with Gasteiger partial charge in [-0.2, -0.15) is 0 Å². The fraction of sp³-hybridized carbons (Fsp3) is 0.300. The number of aromatic amines is 1. The first-order valence-electron chi connectivity index (χ1n) is 9.16. The number of anilines is 1. The van der Waals surface area contributed by atoms with Crippen molar-refractivity contribution in [3.63, 3.8) is 0 Å². The first-order valence-corrected chi connectivity index (χ1v) is 11.1. The van der Waals surface area contributed by atoms with Crippen LogP contribution >= 0.6 is 0 Å². The second-order valence-electron chi connectivity index (χ2n) is 7.15. The fourth-order valence-electron chi connectivity index (χ4n) is 3.68. The Morgan fingerprint density at radius 1 is 1.11 bits per heavy atom. The van der Waals surface area contributed by atoms with E-state index in [1.54, 1.807) is 12.1 Å². The highest BCUT2D eigenvalue weighted by Crippen LogP contribution is 2.30. The molecule has 0 unspecified atom stereocenters. The average Bonchev–Trinajstić information content (AvgIpc) is 3.12. The number of para-hydroxylation sites is 2. The molecule has 146 valence electrons. The zero-order chi connectivity index (χ0) is 19.8. The summed E-state index contributed by atoms with van der Waals surface area (Å²) in [6.07, 6.45) is 1.67. The van der Waals surface area contributed by atoms with E-state index in [1.807, 2.05) is 36.4 Å². The van der Waals surface area contributed by atoms with Crippen molar-refractivity contribution in [1.82, 2.24) is 15.3 Å².